The SMILES string of the molecule is [CH]=C(CC(=O)O)C(=O)O. The summed E-state index contributed by atoms with van der Waals surface area (Å²) in [7, 11) is 0. The van der Waals surface area contributed by atoms with Gasteiger partial charge in [0, 0.05) is 5.57 Å². The summed E-state index contributed by atoms with van der Waals surface area (Å²) in [6.45, 7) is 4.75. The van der Waals surface area contributed by atoms with Crippen LogP contribution in [0.25, 0.3) is 0 Å². The Hall–Kier alpha value is -1.32. The van der Waals surface area contributed by atoms with E-state index in [1.165, 1.54) is 0 Å². The van der Waals surface area contributed by atoms with Crippen LogP contribution in [0.15, 0.2) is 5.57 Å². The highest BCUT2D eigenvalue weighted by Crippen LogP contribution is 1.95. The Morgan fingerprint density at radius 2 is 1.78 bits per heavy atom. The third-order valence-corrected chi connectivity index (χ3v) is 0.616. The van der Waals surface area contributed by atoms with Crippen LogP contribution >= 0.6 is 0 Å². The van der Waals surface area contributed by atoms with Gasteiger partial charge in [0.05, 0.1) is 6.42 Å². The topological polar surface area (TPSA) is 74.6 Å². The van der Waals surface area contributed by atoms with Gasteiger partial charge in [-0.2, -0.15) is 0 Å². The number of rotatable bonds is 3. The van der Waals surface area contributed by atoms with Gasteiger partial charge >= 0.3 is 11.9 Å². The average Bonchev–Trinajstić information content (AvgIpc) is 1.63. The first-order chi connectivity index (χ1) is 4.04. The van der Waals surface area contributed by atoms with E-state index in [4.69, 9.17) is 16.8 Å². The first-order valence-corrected chi connectivity index (χ1v) is 2.10. The van der Waals surface area contributed by atoms with E-state index in [1.54, 1.807) is 0 Å². The third-order valence-electron chi connectivity index (χ3n) is 0.616. The van der Waals surface area contributed by atoms with E-state index >= 15 is 0 Å². The van der Waals surface area contributed by atoms with E-state index in [0.717, 1.165) is 0 Å². The van der Waals surface area contributed by atoms with Crippen LogP contribution in [0.3, 0.4) is 0 Å². The molecule has 49 valence electrons. The molecule has 0 spiro atoms. The molecule has 0 bridgehead atoms. The van der Waals surface area contributed by atoms with E-state index in [9.17, 15) is 9.59 Å². The van der Waals surface area contributed by atoms with Crippen molar-refractivity contribution in [2.75, 3.05) is 0 Å². The molecule has 0 unspecified atom stereocenters. The monoisotopic (exact) mass is 129 g/mol. The predicted octanol–water partition coefficient (Wildman–Crippen LogP) is -0.0949. The van der Waals surface area contributed by atoms with Gasteiger partial charge in [-0.3, -0.25) is 4.79 Å². The van der Waals surface area contributed by atoms with E-state index in [0.29, 0.717) is 0 Å². The lowest BCUT2D eigenvalue weighted by Gasteiger charge is -1.90. The number of hydrogen-bond acceptors (Lipinski definition) is 2. The second-order valence-electron chi connectivity index (χ2n) is 1.40. The standard InChI is InChI=1S/C5H5O4/c1-3(5(8)9)2-4(6)7/h1H,2H2,(H,6,7)(H,8,9). The van der Waals surface area contributed by atoms with Crippen LogP contribution in [0.5, 0.6) is 0 Å². The van der Waals surface area contributed by atoms with Crippen LogP contribution in [0.1, 0.15) is 6.42 Å². The lowest BCUT2D eigenvalue weighted by atomic mass is 10.2. The zero-order valence-corrected chi connectivity index (χ0v) is 4.50. The van der Waals surface area contributed by atoms with Crippen molar-refractivity contribution < 1.29 is 19.8 Å². The van der Waals surface area contributed by atoms with Crippen molar-refractivity contribution in [3.8, 4) is 0 Å². The highest BCUT2D eigenvalue weighted by atomic mass is 16.4. The first-order valence-electron chi connectivity index (χ1n) is 2.10. The molecule has 9 heavy (non-hydrogen) atoms. The van der Waals surface area contributed by atoms with E-state index < -0.39 is 23.9 Å². The Labute approximate surface area is 51.4 Å². The summed E-state index contributed by atoms with van der Waals surface area (Å²) in [5.74, 6) is -2.62. The molecule has 0 rings (SSSR count). The molecule has 0 aliphatic heterocycles. The van der Waals surface area contributed by atoms with Crippen molar-refractivity contribution in [3.05, 3.63) is 12.2 Å². The van der Waals surface area contributed by atoms with Gasteiger partial charge in [-0.1, -0.05) is 6.58 Å². The average molecular weight is 129 g/mol. The van der Waals surface area contributed by atoms with Gasteiger partial charge in [0.2, 0.25) is 0 Å². The summed E-state index contributed by atoms with van der Waals surface area (Å²) in [6.07, 6.45) is -0.616. The lowest BCUT2D eigenvalue weighted by Crippen LogP contribution is -2.04. The maximum atomic E-state index is 9.81. The van der Waals surface area contributed by atoms with Gasteiger partial charge in [0.1, 0.15) is 0 Å². The highest BCUT2D eigenvalue weighted by Gasteiger charge is 2.07. The van der Waals surface area contributed by atoms with Crippen LogP contribution in [-0.4, -0.2) is 22.2 Å². The third kappa shape index (κ3) is 3.28. The minimum atomic E-state index is -1.38. The van der Waals surface area contributed by atoms with Crippen LogP contribution in [0.4, 0.5) is 0 Å². The summed E-state index contributed by atoms with van der Waals surface area (Å²) in [6, 6.07) is 0. The minimum Gasteiger partial charge on any atom is -0.481 e. The summed E-state index contributed by atoms with van der Waals surface area (Å²) in [5, 5.41) is 16.0. The number of carbonyl (C=O) groups is 2. The largest absolute Gasteiger partial charge is 0.481 e. The molecule has 4 heteroatoms. The predicted molar refractivity (Wildman–Crippen MR) is 27.7 cm³/mol. The molecule has 0 atom stereocenters. The molecule has 1 radical (unpaired) electrons. The molecule has 0 aromatic heterocycles. The van der Waals surface area contributed by atoms with Crippen molar-refractivity contribution in [2.24, 2.45) is 0 Å². The maximum Gasteiger partial charge on any atom is 0.332 e. The molecule has 0 fully saturated rings. The first kappa shape index (κ1) is 7.68. The van der Waals surface area contributed by atoms with Gasteiger partial charge in [-0.05, 0) is 0 Å². The van der Waals surface area contributed by atoms with Crippen LogP contribution < -0.4 is 0 Å². The second kappa shape index (κ2) is 2.86. The van der Waals surface area contributed by atoms with Crippen LogP contribution in [0, 0.1) is 6.58 Å². The van der Waals surface area contributed by atoms with Crippen molar-refractivity contribution in [1.29, 1.82) is 0 Å². The quantitative estimate of drug-likeness (QED) is 0.522. The van der Waals surface area contributed by atoms with Gasteiger partial charge < -0.3 is 10.2 Å². The summed E-state index contributed by atoms with van der Waals surface area (Å²) >= 11 is 0. The van der Waals surface area contributed by atoms with Crippen molar-refractivity contribution in [2.45, 2.75) is 6.42 Å². The number of carboxylic acids is 2. The second-order valence-corrected chi connectivity index (χ2v) is 1.40. The number of aliphatic carboxylic acids is 2. The van der Waals surface area contributed by atoms with Gasteiger partial charge in [0.25, 0.3) is 0 Å². The van der Waals surface area contributed by atoms with Gasteiger partial charge in [-0.15, -0.1) is 0 Å². The fraction of sp³-hybridized carbons (Fsp3) is 0.200. The Morgan fingerprint density at radius 3 is 1.89 bits per heavy atom. The highest BCUT2D eigenvalue weighted by molar-refractivity contribution is 5.90. The van der Waals surface area contributed by atoms with E-state index in [2.05, 4.69) is 0 Å². The minimum absolute atomic E-state index is 0.553. The fourth-order valence-corrected chi connectivity index (χ4v) is 0.239. The molecule has 0 aliphatic carbocycles. The summed E-state index contributed by atoms with van der Waals surface area (Å²) < 4.78 is 0. The molecule has 0 aromatic carbocycles. The summed E-state index contributed by atoms with van der Waals surface area (Å²) in [5.41, 5.74) is -0.553. The van der Waals surface area contributed by atoms with Crippen molar-refractivity contribution in [3.63, 3.8) is 0 Å². The van der Waals surface area contributed by atoms with E-state index in [-0.39, 0.29) is 0 Å². The normalized spacial score (nSPS) is 8.44. The molecular weight excluding hydrogens is 124 g/mol. The number of hydrogen-bond donors (Lipinski definition) is 2. The molecule has 4 nitrogen and oxygen atoms in total. The van der Waals surface area contributed by atoms with Gasteiger partial charge in [-0.25, -0.2) is 4.79 Å². The molecule has 0 heterocycles. The molecule has 2 N–H and O–H groups in total. The molecule has 0 saturated heterocycles. The lowest BCUT2D eigenvalue weighted by molar-refractivity contribution is -0.139. The smallest absolute Gasteiger partial charge is 0.332 e. The maximum absolute atomic E-state index is 9.81. The van der Waals surface area contributed by atoms with Crippen LogP contribution in [0.2, 0.25) is 0 Å². The Balaban J connectivity index is 3.79. The molecule has 0 aliphatic rings. The molecule has 0 aromatic rings. The molecule has 0 saturated carbocycles. The Bertz CT molecular complexity index is 158. The Morgan fingerprint density at radius 1 is 1.33 bits per heavy atom. The van der Waals surface area contributed by atoms with E-state index in [1.807, 2.05) is 0 Å². The van der Waals surface area contributed by atoms with Crippen LogP contribution in [-0.2, 0) is 9.59 Å². The Kier molecular flexibility index (Phi) is 2.44. The molecular formula is C5H5O4. The van der Waals surface area contributed by atoms with Gasteiger partial charge in [0.15, 0.2) is 0 Å². The molecule has 0 amide bonds. The summed E-state index contributed by atoms with van der Waals surface area (Å²) in [4.78, 5) is 19.6. The zero-order valence-electron chi connectivity index (χ0n) is 4.50. The fourth-order valence-electron chi connectivity index (χ4n) is 0.239. The van der Waals surface area contributed by atoms with Crippen molar-refractivity contribution >= 4 is 11.9 Å². The van der Waals surface area contributed by atoms with Crippen molar-refractivity contribution in [1.82, 2.24) is 0 Å². The number of carboxylic acid groups (broad SMARTS) is 2. The zero-order chi connectivity index (χ0) is 7.44.